The quantitative estimate of drug-likeness (QED) is 0.869. The van der Waals surface area contributed by atoms with E-state index in [4.69, 9.17) is 0 Å². The zero-order chi connectivity index (χ0) is 20.4. The van der Waals surface area contributed by atoms with Crippen molar-refractivity contribution in [1.29, 1.82) is 5.26 Å². The lowest BCUT2D eigenvalue weighted by Crippen LogP contribution is -2.58. The molecule has 1 aromatic carbocycles. The molecule has 2 fully saturated rings. The Bertz CT molecular complexity index is 725. The van der Waals surface area contributed by atoms with Crippen LogP contribution in [0.3, 0.4) is 0 Å². The topological polar surface area (TPSA) is 59.4 Å². The number of nitrogens with one attached hydrogen (secondary N) is 1. The van der Waals surface area contributed by atoms with Crippen LogP contribution < -0.4 is 5.32 Å². The van der Waals surface area contributed by atoms with Crippen LogP contribution in [0.1, 0.15) is 58.1 Å². The molecule has 5 nitrogen and oxygen atoms in total. The number of piperazine rings is 1. The number of benzene rings is 1. The summed E-state index contributed by atoms with van der Waals surface area (Å²) >= 11 is 0. The average molecular weight is 383 g/mol. The fourth-order valence-corrected chi connectivity index (χ4v) is 5.22. The first kappa shape index (κ1) is 20.8. The molecule has 152 valence electrons. The Hall–Kier alpha value is -1.90. The maximum Gasteiger partial charge on any atom is 0.222 e. The fraction of sp³-hybridized carbons (Fsp3) is 0.652. The highest BCUT2D eigenvalue weighted by molar-refractivity contribution is 5.76. The summed E-state index contributed by atoms with van der Waals surface area (Å²) in [4.78, 5) is 17.3. The molecule has 2 heterocycles. The number of hydrogen-bond donors (Lipinski definition) is 1. The second-order valence-electron chi connectivity index (χ2n) is 9.80. The molecule has 28 heavy (non-hydrogen) atoms. The predicted octanol–water partition coefficient (Wildman–Crippen LogP) is 3.15. The van der Waals surface area contributed by atoms with Gasteiger partial charge in [0, 0.05) is 50.2 Å². The highest BCUT2D eigenvalue weighted by atomic mass is 16.2. The van der Waals surface area contributed by atoms with Crippen molar-refractivity contribution in [3.05, 3.63) is 35.4 Å². The number of rotatable bonds is 4. The van der Waals surface area contributed by atoms with E-state index < -0.39 is 0 Å². The van der Waals surface area contributed by atoms with Gasteiger partial charge in [0.05, 0.1) is 11.6 Å². The second-order valence-corrected chi connectivity index (χ2v) is 9.80. The van der Waals surface area contributed by atoms with Gasteiger partial charge >= 0.3 is 0 Å². The summed E-state index contributed by atoms with van der Waals surface area (Å²) in [6.07, 6.45) is 2.76. The molecule has 0 unspecified atom stereocenters. The van der Waals surface area contributed by atoms with Crippen LogP contribution in [0, 0.1) is 17.2 Å². The average Bonchev–Trinajstić information content (AvgIpc) is 2.60. The van der Waals surface area contributed by atoms with Crippen LogP contribution in [0.15, 0.2) is 24.3 Å². The van der Waals surface area contributed by atoms with Crippen LogP contribution >= 0.6 is 0 Å². The van der Waals surface area contributed by atoms with Crippen LogP contribution in [-0.4, -0.2) is 53.0 Å². The van der Waals surface area contributed by atoms with Gasteiger partial charge in [-0.15, -0.1) is 0 Å². The third-order valence-corrected chi connectivity index (χ3v) is 5.99. The van der Waals surface area contributed by atoms with Crippen LogP contribution in [0.4, 0.5) is 0 Å². The van der Waals surface area contributed by atoms with E-state index in [0.29, 0.717) is 18.2 Å². The monoisotopic (exact) mass is 382 g/mol. The van der Waals surface area contributed by atoms with Crippen LogP contribution in [0.5, 0.6) is 0 Å². The number of nitriles is 1. The van der Waals surface area contributed by atoms with Crippen LogP contribution in [-0.2, 0) is 11.3 Å². The summed E-state index contributed by atoms with van der Waals surface area (Å²) in [6.45, 7) is 13.0. The van der Waals surface area contributed by atoms with Crippen molar-refractivity contribution >= 4 is 5.91 Å². The first-order valence-electron chi connectivity index (χ1n) is 10.4. The Morgan fingerprint density at radius 3 is 2.32 bits per heavy atom. The molecule has 5 heteroatoms. The Morgan fingerprint density at radius 2 is 1.71 bits per heavy atom. The summed E-state index contributed by atoms with van der Waals surface area (Å²) in [7, 11) is 0. The van der Waals surface area contributed by atoms with Gasteiger partial charge in [0.2, 0.25) is 5.91 Å². The van der Waals surface area contributed by atoms with Gasteiger partial charge in [-0.1, -0.05) is 18.2 Å². The first-order chi connectivity index (χ1) is 13.2. The molecular formula is C23H34N4O. The predicted molar refractivity (Wildman–Crippen MR) is 112 cm³/mol. The number of hydrogen-bond acceptors (Lipinski definition) is 4. The molecule has 1 amide bonds. The van der Waals surface area contributed by atoms with E-state index in [9.17, 15) is 10.1 Å². The fourth-order valence-electron chi connectivity index (χ4n) is 5.22. The number of carbonyl (C=O) groups excluding carboxylic acids is 1. The van der Waals surface area contributed by atoms with Gasteiger partial charge in [0.1, 0.15) is 0 Å². The zero-order valence-corrected chi connectivity index (χ0v) is 17.8. The van der Waals surface area contributed by atoms with Crippen molar-refractivity contribution in [2.75, 3.05) is 26.2 Å². The lowest BCUT2D eigenvalue weighted by Gasteiger charge is -2.47. The second kappa shape index (κ2) is 8.23. The van der Waals surface area contributed by atoms with Crippen molar-refractivity contribution in [2.45, 2.75) is 64.6 Å². The molecule has 2 aliphatic heterocycles. The normalized spacial score (nSPS) is 22.6. The maximum absolute atomic E-state index is 12.9. The lowest BCUT2D eigenvalue weighted by atomic mass is 9.74. The highest BCUT2D eigenvalue weighted by Gasteiger charge is 2.38. The molecule has 2 aliphatic rings. The number of piperidine rings is 1. The molecule has 0 atom stereocenters. The first-order valence-corrected chi connectivity index (χ1v) is 10.4. The summed E-state index contributed by atoms with van der Waals surface area (Å²) in [6, 6.07) is 10.1. The molecule has 0 radical (unpaired) electrons. The van der Waals surface area contributed by atoms with E-state index in [-0.39, 0.29) is 11.1 Å². The molecule has 0 bridgehead atoms. The Balaban J connectivity index is 1.51. The van der Waals surface area contributed by atoms with Crippen LogP contribution in [0.2, 0.25) is 0 Å². The van der Waals surface area contributed by atoms with Gasteiger partial charge in [-0.05, 0) is 58.1 Å². The minimum atomic E-state index is 0.0829. The van der Waals surface area contributed by atoms with Gasteiger partial charge in [-0.3, -0.25) is 9.69 Å². The van der Waals surface area contributed by atoms with E-state index in [1.807, 2.05) is 29.2 Å². The summed E-state index contributed by atoms with van der Waals surface area (Å²) in [5.74, 6) is 0.745. The van der Waals surface area contributed by atoms with Gasteiger partial charge in [-0.2, -0.15) is 5.26 Å². The minimum absolute atomic E-state index is 0.0829. The third-order valence-electron chi connectivity index (χ3n) is 5.99. The zero-order valence-electron chi connectivity index (χ0n) is 17.8. The third kappa shape index (κ3) is 5.33. The Kier molecular flexibility index (Phi) is 6.12. The smallest absolute Gasteiger partial charge is 0.222 e. The summed E-state index contributed by atoms with van der Waals surface area (Å²) in [5.41, 5.74) is 1.99. The highest BCUT2D eigenvalue weighted by Crippen LogP contribution is 2.35. The molecule has 0 saturated carbocycles. The van der Waals surface area contributed by atoms with Crippen molar-refractivity contribution in [1.82, 2.24) is 15.1 Å². The molecule has 3 rings (SSSR count). The number of carbonyl (C=O) groups is 1. The summed E-state index contributed by atoms with van der Waals surface area (Å²) < 4.78 is 0. The summed E-state index contributed by atoms with van der Waals surface area (Å²) in [5, 5.41) is 13.0. The molecule has 2 saturated heterocycles. The molecule has 1 aromatic rings. The Labute approximate surface area is 169 Å². The van der Waals surface area contributed by atoms with Gasteiger partial charge < -0.3 is 10.2 Å². The van der Waals surface area contributed by atoms with Crippen molar-refractivity contribution < 1.29 is 4.79 Å². The van der Waals surface area contributed by atoms with Crippen molar-refractivity contribution in [3.8, 4) is 6.07 Å². The van der Waals surface area contributed by atoms with E-state index in [1.54, 1.807) is 0 Å². The number of amides is 1. The molecule has 0 aliphatic carbocycles. The maximum atomic E-state index is 12.9. The SMILES string of the molecule is CC1(C)CC(CC(=O)N2CCN(Cc3ccccc3C#N)CC2)CC(C)(C)N1. The molecular weight excluding hydrogens is 348 g/mol. The van der Waals surface area contributed by atoms with Crippen LogP contribution in [0.25, 0.3) is 0 Å². The van der Waals surface area contributed by atoms with Crippen molar-refractivity contribution in [2.24, 2.45) is 5.92 Å². The molecule has 0 aromatic heterocycles. The van der Waals surface area contributed by atoms with Crippen molar-refractivity contribution in [3.63, 3.8) is 0 Å². The largest absolute Gasteiger partial charge is 0.340 e. The van der Waals surface area contributed by atoms with Gasteiger partial charge in [0.25, 0.3) is 0 Å². The Morgan fingerprint density at radius 1 is 1.11 bits per heavy atom. The molecule has 1 N–H and O–H groups in total. The minimum Gasteiger partial charge on any atom is -0.340 e. The van der Waals surface area contributed by atoms with E-state index in [1.165, 1.54) is 0 Å². The van der Waals surface area contributed by atoms with Gasteiger partial charge in [0.15, 0.2) is 0 Å². The van der Waals surface area contributed by atoms with E-state index in [2.05, 4.69) is 44.0 Å². The molecule has 0 spiro atoms. The van der Waals surface area contributed by atoms with Gasteiger partial charge in [-0.25, -0.2) is 0 Å². The van der Waals surface area contributed by atoms with E-state index in [0.717, 1.165) is 56.7 Å². The lowest BCUT2D eigenvalue weighted by molar-refractivity contribution is -0.134. The van der Waals surface area contributed by atoms with E-state index >= 15 is 0 Å². The standard InChI is InChI=1S/C23H34N4O/c1-22(2)14-18(15-23(3,4)25-22)13-21(28)27-11-9-26(10-12-27)17-20-8-6-5-7-19(20)16-24/h5-8,18,25H,9-15,17H2,1-4H3. The number of nitrogens with zero attached hydrogens (tertiary/aromatic N) is 3.